The van der Waals surface area contributed by atoms with Crippen molar-refractivity contribution >= 4 is 26.6 Å². The molecule has 1 aliphatic heterocycles. The molecule has 1 unspecified atom stereocenters. The minimum absolute atomic E-state index is 0.179. The fourth-order valence-corrected chi connectivity index (χ4v) is 5.75. The number of benzene rings is 2. The van der Waals surface area contributed by atoms with Gasteiger partial charge in [-0.1, -0.05) is 18.2 Å². The van der Waals surface area contributed by atoms with E-state index in [0.717, 1.165) is 48.8 Å². The van der Waals surface area contributed by atoms with E-state index in [1.165, 1.54) is 0 Å². The van der Waals surface area contributed by atoms with Crippen LogP contribution < -0.4 is 14.4 Å². The van der Waals surface area contributed by atoms with Crippen molar-refractivity contribution in [3.05, 3.63) is 85.0 Å². The molecule has 0 spiro atoms. The standard InChI is InChI=1S/C26H28N4O4S/c1-33-22-11-9-21(10-12-22)29-14-16-30(17-15-29)23(24-7-4-18-34-24)19-28-35(31,32)25-8-2-5-20-6-3-13-27-26(20)25/h2-13,18,23,28H,14-17,19H2,1H3. The summed E-state index contributed by atoms with van der Waals surface area (Å²) in [6.45, 7) is 3.39. The first-order chi connectivity index (χ1) is 17.0. The quantitative estimate of drug-likeness (QED) is 0.401. The molecule has 0 radical (unpaired) electrons. The van der Waals surface area contributed by atoms with Crippen LogP contribution in [0.4, 0.5) is 5.69 Å². The van der Waals surface area contributed by atoms with Crippen LogP contribution in [0.15, 0.2) is 88.5 Å². The predicted octanol–water partition coefficient (Wildman–Crippen LogP) is 3.68. The Kier molecular flexibility index (Phi) is 6.72. The number of sulfonamides is 1. The molecule has 5 rings (SSSR count). The smallest absolute Gasteiger partial charge is 0.242 e. The second-order valence-electron chi connectivity index (χ2n) is 8.44. The maximum atomic E-state index is 13.3. The SMILES string of the molecule is COc1ccc(N2CCN(C(CNS(=O)(=O)c3cccc4cccnc34)c3ccco3)CC2)cc1. The highest BCUT2D eigenvalue weighted by molar-refractivity contribution is 7.89. The van der Waals surface area contributed by atoms with Crippen LogP contribution in [0, 0.1) is 0 Å². The van der Waals surface area contributed by atoms with E-state index in [1.807, 2.05) is 36.4 Å². The normalized spacial score (nSPS) is 15.9. The lowest BCUT2D eigenvalue weighted by Crippen LogP contribution is -2.49. The number of nitrogens with one attached hydrogen (secondary N) is 1. The Morgan fingerprint density at radius 2 is 1.77 bits per heavy atom. The molecule has 35 heavy (non-hydrogen) atoms. The number of para-hydroxylation sites is 1. The molecule has 3 heterocycles. The van der Waals surface area contributed by atoms with Gasteiger partial charge >= 0.3 is 0 Å². The molecule has 0 saturated carbocycles. The summed E-state index contributed by atoms with van der Waals surface area (Å²) >= 11 is 0. The van der Waals surface area contributed by atoms with Gasteiger partial charge in [-0.2, -0.15) is 0 Å². The molecule has 0 aliphatic carbocycles. The largest absolute Gasteiger partial charge is 0.497 e. The summed E-state index contributed by atoms with van der Waals surface area (Å²) in [5, 5.41) is 0.785. The summed E-state index contributed by atoms with van der Waals surface area (Å²) in [7, 11) is -2.11. The van der Waals surface area contributed by atoms with Crippen molar-refractivity contribution in [3.63, 3.8) is 0 Å². The maximum Gasteiger partial charge on any atom is 0.242 e. The van der Waals surface area contributed by atoms with Crippen LogP contribution in [0.5, 0.6) is 5.75 Å². The van der Waals surface area contributed by atoms with E-state index >= 15 is 0 Å². The van der Waals surface area contributed by atoms with Crippen molar-refractivity contribution in [1.29, 1.82) is 0 Å². The summed E-state index contributed by atoms with van der Waals surface area (Å²) in [6, 6.07) is 20.4. The van der Waals surface area contributed by atoms with Crippen LogP contribution in [-0.4, -0.2) is 58.1 Å². The Morgan fingerprint density at radius 1 is 1.00 bits per heavy atom. The maximum absolute atomic E-state index is 13.3. The van der Waals surface area contributed by atoms with E-state index in [0.29, 0.717) is 5.52 Å². The van der Waals surface area contributed by atoms with Crippen LogP contribution in [-0.2, 0) is 10.0 Å². The highest BCUT2D eigenvalue weighted by Gasteiger charge is 2.29. The van der Waals surface area contributed by atoms with E-state index in [9.17, 15) is 8.42 Å². The molecule has 1 N–H and O–H groups in total. The van der Waals surface area contributed by atoms with Gasteiger partial charge in [-0.3, -0.25) is 9.88 Å². The Morgan fingerprint density at radius 3 is 2.49 bits per heavy atom. The monoisotopic (exact) mass is 492 g/mol. The van der Waals surface area contributed by atoms with Crippen LogP contribution in [0.25, 0.3) is 10.9 Å². The minimum atomic E-state index is -3.78. The number of furan rings is 1. The number of hydrogen-bond acceptors (Lipinski definition) is 7. The minimum Gasteiger partial charge on any atom is -0.497 e. The molecule has 1 saturated heterocycles. The number of piperazine rings is 1. The lowest BCUT2D eigenvalue weighted by atomic mass is 10.1. The number of ether oxygens (including phenoxy) is 1. The zero-order chi connectivity index (χ0) is 24.3. The highest BCUT2D eigenvalue weighted by atomic mass is 32.2. The first kappa shape index (κ1) is 23.3. The second kappa shape index (κ2) is 10.1. The zero-order valence-electron chi connectivity index (χ0n) is 19.5. The molecule has 8 nitrogen and oxygen atoms in total. The van der Waals surface area contributed by atoms with Crippen molar-refractivity contribution in [3.8, 4) is 5.75 Å². The predicted molar refractivity (Wildman–Crippen MR) is 135 cm³/mol. The molecule has 2 aromatic carbocycles. The second-order valence-corrected chi connectivity index (χ2v) is 10.2. The molecule has 1 aliphatic rings. The number of pyridine rings is 1. The topological polar surface area (TPSA) is 87.9 Å². The van der Waals surface area contributed by atoms with Gasteiger partial charge in [-0.05, 0) is 48.5 Å². The Labute approximate surface area is 205 Å². The van der Waals surface area contributed by atoms with E-state index in [1.54, 1.807) is 37.8 Å². The fourth-order valence-electron chi connectivity index (χ4n) is 4.53. The Bertz CT molecular complexity index is 1360. The number of methoxy groups -OCH3 is 1. The third-order valence-corrected chi connectivity index (χ3v) is 7.87. The Hall–Kier alpha value is -3.40. The van der Waals surface area contributed by atoms with Crippen LogP contribution in [0.3, 0.4) is 0 Å². The summed E-state index contributed by atoms with van der Waals surface area (Å²) < 4.78 is 40.3. The summed E-state index contributed by atoms with van der Waals surface area (Å²) in [5.41, 5.74) is 1.61. The molecule has 0 amide bonds. The van der Waals surface area contributed by atoms with Gasteiger partial charge in [-0.25, -0.2) is 13.1 Å². The molecular weight excluding hydrogens is 464 g/mol. The van der Waals surface area contributed by atoms with Crippen LogP contribution in [0.1, 0.15) is 11.8 Å². The first-order valence-corrected chi connectivity index (χ1v) is 13.0. The molecule has 0 bridgehead atoms. The average Bonchev–Trinajstić information content (AvgIpc) is 3.43. The lowest BCUT2D eigenvalue weighted by molar-refractivity contribution is 0.166. The number of rotatable bonds is 8. The summed E-state index contributed by atoms with van der Waals surface area (Å²) in [6.07, 6.45) is 3.23. The fraction of sp³-hybridized carbons (Fsp3) is 0.269. The van der Waals surface area contributed by atoms with E-state index in [-0.39, 0.29) is 17.5 Å². The van der Waals surface area contributed by atoms with E-state index < -0.39 is 10.0 Å². The van der Waals surface area contributed by atoms with Gasteiger partial charge in [0, 0.05) is 50.0 Å². The molecule has 9 heteroatoms. The van der Waals surface area contributed by atoms with Gasteiger partial charge in [0.1, 0.15) is 16.4 Å². The number of aromatic nitrogens is 1. The van der Waals surface area contributed by atoms with Gasteiger partial charge < -0.3 is 14.1 Å². The molecule has 1 fully saturated rings. The van der Waals surface area contributed by atoms with Gasteiger partial charge in [-0.15, -0.1) is 0 Å². The summed E-state index contributed by atoms with van der Waals surface area (Å²) in [5.74, 6) is 1.57. The lowest BCUT2D eigenvalue weighted by Gasteiger charge is -2.39. The van der Waals surface area contributed by atoms with Crippen molar-refractivity contribution < 1.29 is 17.6 Å². The van der Waals surface area contributed by atoms with Crippen LogP contribution >= 0.6 is 0 Å². The number of anilines is 1. The summed E-state index contributed by atoms with van der Waals surface area (Å²) in [4.78, 5) is 9.07. The van der Waals surface area contributed by atoms with Crippen molar-refractivity contribution in [2.45, 2.75) is 10.9 Å². The van der Waals surface area contributed by atoms with E-state index in [4.69, 9.17) is 9.15 Å². The van der Waals surface area contributed by atoms with Crippen molar-refractivity contribution in [1.82, 2.24) is 14.6 Å². The van der Waals surface area contributed by atoms with Gasteiger partial charge in [0.2, 0.25) is 10.0 Å². The number of nitrogens with zero attached hydrogens (tertiary/aromatic N) is 3. The number of fused-ring (bicyclic) bond motifs is 1. The van der Waals surface area contributed by atoms with Crippen molar-refractivity contribution in [2.24, 2.45) is 0 Å². The third kappa shape index (κ3) is 5.02. The van der Waals surface area contributed by atoms with Crippen molar-refractivity contribution in [2.75, 3.05) is 44.7 Å². The third-order valence-electron chi connectivity index (χ3n) is 6.42. The van der Waals surface area contributed by atoms with Gasteiger partial charge in [0.15, 0.2) is 0 Å². The molecule has 1 atom stereocenters. The molecule has 2 aromatic heterocycles. The molecule has 4 aromatic rings. The Balaban J connectivity index is 1.31. The zero-order valence-corrected chi connectivity index (χ0v) is 20.3. The average molecular weight is 493 g/mol. The highest BCUT2D eigenvalue weighted by Crippen LogP contribution is 2.27. The molecular formula is C26H28N4O4S. The van der Waals surface area contributed by atoms with Gasteiger partial charge in [0.25, 0.3) is 0 Å². The van der Waals surface area contributed by atoms with Crippen LogP contribution in [0.2, 0.25) is 0 Å². The first-order valence-electron chi connectivity index (χ1n) is 11.5. The van der Waals surface area contributed by atoms with Gasteiger partial charge in [0.05, 0.1) is 24.9 Å². The molecule has 182 valence electrons. The number of hydrogen-bond donors (Lipinski definition) is 1. The van der Waals surface area contributed by atoms with E-state index in [2.05, 4.69) is 31.6 Å².